The van der Waals surface area contributed by atoms with E-state index in [0.29, 0.717) is 13.2 Å². The van der Waals surface area contributed by atoms with E-state index in [0.717, 1.165) is 25.7 Å². The molecule has 10 heteroatoms. The first-order valence-electron chi connectivity index (χ1n) is 16.0. The summed E-state index contributed by atoms with van der Waals surface area (Å²) >= 11 is 0. The molecule has 0 saturated carbocycles. The molecule has 0 radical (unpaired) electrons. The Balaban J connectivity index is -0.000000328. The third-order valence-electron chi connectivity index (χ3n) is 6.59. The fraction of sp³-hybridized carbons (Fsp3) is 0.875. The second-order valence-corrected chi connectivity index (χ2v) is 10.5. The number of unbranched alkanes of at least 4 members (excludes halogenated alkanes) is 18. The minimum Gasteiger partial charge on any atom is -0.550 e. The van der Waals surface area contributed by atoms with E-state index in [-0.39, 0.29) is 84.8 Å². The molecule has 0 aliphatic rings. The van der Waals surface area contributed by atoms with Crippen molar-refractivity contribution in [2.24, 2.45) is 0 Å². The van der Waals surface area contributed by atoms with E-state index in [1.165, 1.54) is 103 Å². The van der Waals surface area contributed by atoms with E-state index < -0.39 is 23.9 Å². The van der Waals surface area contributed by atoms with Crippen LogP contribution in [0.1, 0.15) is 168 Å². The number of carbonyl (C=O) groups is 4. The maximum absolute atomic E-state index is 11.1. The zero-order valence-corrected chi connectivity index (χ0v) is 31.7. The molecule has 0 bridgehead atoms. The van der Waals surface area contributed by atoms with Crippen molar-refractivity contribution in [3.63, 3.8) is 0 Å². The molecule has 42 heavy (non-hydrogen) atoms. The summed E-state index contributed by atoms with van der Waals surface area (Å²) in [6.07, 6.45) is 24.1. The Morgan fingerprint density at radius 3 is 0.881 bits per heavy atom. The molecule has 236 valence electrons. The van der Waals surface area contributed by atoms with Crippen molar-refractivity contribution >= 4 is 23.9 Å². The molecule has 0 rings (SSSR count). The number of carboxylic acid groups (broad SMARTS) is 2. The summed E-state index contributed by atoms with van der Waals surface area (Å²) in [5.41, 5.74) is 0. The Bertz CT molecular complexity index is 565. The maximum Gasteiger partial charge on any atom is 1.00 e. The van der Waals surface area contributed by atoms with Crippen LogP contribution in [0.4, 0.5) is 0 Å². The molecule has 0 aromatic carbocycles. The fourth-order valence-electron chi connectivity index (χ4n) is 4.10. The largest absolute Gasteiger partial charge is 1.00 e. The van der Waals surface area contributed by atoms with Gasteiger partial charge in [0.25, 0.3) is 0 Å². The predicted molar refractivity (Wildman–Crippen MR) is 154 cm³/mol. The number of esters is 2. The number of aliphatic carboxylic acids is 2. The van der Waals surface area contributed by atoms with Gasteiger partial charge in [-0.3, -0.25) is 9.59 Å². The molecular weight excluding hydrogens is 558 g/mol. The fourth-order valence-corrected chi connectivity index (χ4v) is 4.10. The zero-order valence-electron chi connectivity index (χ0n) is 27.7. The van der Waals surface area contributed by atoms with Crippen LogP contribution in [0.15, 0.2) is 0 Å². The van der Waals surface area contributed by atoms with Crippen LogP contribution < -0.4 is 69.3 Å². The first-order chi connectivity index (χ1) is 19.3. The summed E-state index contributed by atoms with van der Waals surface area (Å²) in [5.74, 6) is -3.29. The van der Waals surface area contributed by atoms with Crippen molar-refractivity contribution in [2.75, 3.05) is 13.2 Å². The molecule has 0 fully saturated rings. The molecule has 0 aliphatic carbocycles. The second kappa shape index (κ2) is 40.9. The summed E-state index contributed by atoms with van der Waals surface area (Å²) < 4.78 is 9.87. The van der Waals surface area contributed by atoms with Crippen LogP contribution in [0.5, 0.6) is 0 Å². The van der Waals surface area contributed by atoms with Gasteiger partial charge < -0.3 is 29.3 Å². The summed E-state index contributed by atoms with van der Waals surface area (Å²) in [7, 11) is 0. The van der Waals surface area contributed by atoms with Gasteiger partial charge in [0, 0.05) is 11.9 Å². The van der Waals surface area contributed by atoms with Crippen LogP contribution in [-0.2, 0) is 28.7 Å². The summed E-state index contributed by atoms with van der Waals surface area (Å²) in [6, 6.07) is 0. The van der Waals surface area contributed by atoms with Gasteiger partial charge in [0.15, 0.2) is 0 Å². The van der Waals surface area contributed by atoms with Crippen LogP contribution in [-0.4, -0.2) is 37.1 Å². The third kappa shape index (κ3) is 46.8. The van der Waals surface area contributed by atoms with Crippen molar-refractivity contribution in [3.8, 4) is 0 Å². The number of hydrogen-bond donors (Lipinski definition) is 0. The summed E-state index contributed by atoms with van der Waals surface area (Å²) in [6.45, 7) is 5.27. The van der Waals surface area contributed by atoms with Crippen LogP contribution in [0, 0.1) is 0 Å². The zero-order chi connectivity index (χ0) is 30.1. The normalized spacial score (nSPS) is 9.95. The smallest absolute Gasteiger partial charge is 0.550 e. The van der Waals surface area contributed by atoms with Crippen LogP contribution in [0.25, 0.3) is 0 Å². The molecule has 0 atom stereocenters. The van der Waals surface area contributed by atoms with E-state index in [1.807, 2.05) is 0 Å². The predicted octanol–water partition coefficient (Wildman–Crippen LogP) is -0.0308. The molecule has 0 aromatic heterocycles. The van der Waals surface area contributed by atoms with E-state index in [2.05, 4.69) is 13.8 Å². The van der Waals surface area contributed by atoms with E-state index in [1.54, 1.807) is 0 Å². The summed E-state index contributed by atoms with van der Waals surface area (Å²) in [4.78, 5) is 42.5. The first-order valence-corrected chi connectivity index (χ1v) is 16.0. The minimum atomic E-state index is -1.21. The quantitative estimate of drug-likeness (QED) is 0.0680. The average Bonchev–Trinajstić information content (AvgIpc) is 2.92. The third-order valence-corrected chi connectivity index (χ3v) is 6.59. The van der Waals surface area contributed by atoms with Gasteiger partial charge in [-0.15, -0.1) is 0 Å². The second-order valence-electron chi connectivity index (χ2n) is 10.5. The Kier molecular flexibility index (Phi) is 47.5. The van der Waals surface area contributed by atoms with Gasteiger partial charge in [-0.25, -0.2) is 0 Å². The van der Waals surface area contributed by atoms with Crippen molar-refractivity contribution in [1.29, 1.82) is 0 Å². The van der Waals surface area contributed by atoms with Gasteiger partial charge >= 0.3 is 71.1 Å². The molecule has 0 aliphatic heterocycles. The molecule has 0 unspecified atom stereocenters. The van der Waals surface area contributed by atoms with Gasteiger partial charge in [0.1, 0.15) is 0 Å². The van der Waals surface area contributed by atoms with Crippen molar-refractivity contribution < 1.29 is 98.0 Å². The standard InChI is InChI=1S/2C16H30O4.2Na/c2*1-2-3-4-5-6-7-8-9-10-11-14-20-16(19)13-12-15(17)18;;/h2*2-14H2,1H3,(H,17,18);;/q;;2*+1/p-2. The van der Waals surface area contributed by atoms with Gasteiger partial charge in [-0.1, -0.05) is 129 Å². The first kappa shape index (κ1) is 48.8. The molecule has 0 spiro atoms. The SMILES string of the molecule is CCCCCCCCCCCCOC(=O)CCC(=O)[O-].CCCCCCCCCCCCOC(=O)CCC(=O)[O-].[Na+].[Na+]. The number of carbonyl (C=O) groups excluding carboxylic acids is 4. The Morgan fingerprint density at radius 1 is 0.405 bits per heavy atom. The monoisotopic (exact) mass is 616 g/mol. The van der Waals surface area contributed by atoms with Crippen molar-refractivity contribution in [1.82, 2.24) is 0 Å². The Morgan fingerprint density at radius 2 is 0.643 bits per heavy atom. The molecule has 8 nitrogen and oxygen atoms in total. The summed E-state index contributed by atoms with van der Waals surface area (Å²) in [5, 5.41) is 20.3. The minimum absolute atomic E-state index is 0. The topological polar surface area (TPSA) is 133 Å². The van der Waals surface area contributed by atoms with Crippen LogP contribution in [0.3, 0.4) is 0 Å². The van der Waals surface area contributed by atoms with Crippen molar-refractivity contribution in [2.45, 2.75) is 168 Å². The van der Waals surface area contributed by atoms with Crippen molar-refractivity contribution in [3.05, 3.63) is 0 Å². The number of rotatable bonds is 28. The van der Waals surface area contributed by atoms with E-state index in [4.69, 9.17) is 9.47 Å². The van der Waals surface area contributed by atoms with Gasteiger partial charge in [-0.05, 0) is 25.7 Å². The molecule has 0 N–H and O–H groups in total. The molecule has 0 saturated heterocycles. The average molecular weight is 617 g/mol. The van der Waals surface area contributed by atoms with Gasteiger partial charge in [0.05, 0.1) is 26.1 Å². The van der Waals surface area contributed by atoms with Gasteiger partial charge in [0.2, 0.25) is 0 Å². The van der Waals surface area contributed by atoms with Crippen LogP contribution in [0.2, 0.25) is 0 Å². The van der Waals surface area contributed by atoms with E-state index in [9.17, 15) is 29.4 Å². The van der Waals surface area contributed by atoms with Gasteiger partial charge in [-0.2, -0.15) is 0 Å². The molecule has 0 amide bonds. The van der Waals surface area contributed by atoms with Crippen LogP contribution >= 0.6 is 0 Å². The molecule has 0 aromatic rings. The Hall–Kier alpha value is -0.120. The molecular formula is C32H58Na2O8. The maximum atomic E-state index is 11.1. The number of hydrogen-bond acceptors (Lipinski definition) is 8. The number of ether oxygens (including phenoxy) is 2. The molecule has 0 heterocycles. The number of carboxylic acids is 2. The Labute approximate surface area is 300 Å². The van der Waals surface area contributed by atoms with E-state index >= 15 is 0 Å².